The Hall–Kier alpha value is -2.47. The third-order valence-corrected chi connectivity index (χ3v) is 4.30. The predicted octanol–water partition coefficient (Wildman–Crippen LogP) is 3.29. The molecule has 1 N–H and O–H groups in total. The van der Waals surface area contributed by atoms with E-state index in [2.05, 4.69) is 34.4 Å². The fraction of sp³-hybridized carbons (Fsp3) is 0.389. The van der Waals surface area contributed by atoms with Crippen LogP contribution < -0.4 is 5.32 Å². The molecule has 1 aromatic carbocycles. The fourth-order valence-corrected chi connectivity index (χ4v) is 2.56. The van der Waals surface area contributed by atoms with Crippen molar-refractivity contribution >= 4 is 0 Å². The second-order valence-corrected chi connectivity index (χ2v) is 6.23. The van der Waals surface area contributed by atoms with Crippen molar-refractivity contribution in [2.45, 2.75) is 46.3 Å². The second-order valence-electron chi connectivity index (χ2n) is 6.23. The summed E-state index contributed by atoms with van der Waals surface area (Å²) in [5.74, 6) is 1.22. The van der Waals surface area contributed by atoms with Gasteiger partial charge in [0.15, 0.2) is 0 Å². The summed E-state index contributed by atoms with van der Waals surface area (Å²) in [5, 5.41) is 11.9. The van der Waals surface area contributed by atoms with Crippen LogP contribution in [-0.4, -0.2) is 26.0 Å². The lowest BCUT2D eigenvalue weighted by atomic mass is 10.1. The summed E-state index contributed by atoms with van der Waals surface area (Å²) in [4.78, 5) is 4.49. The van der Waals surface area contributed by atoms with Crippen LogP contribution in [0, 0.1) is 13.8 Å². The Labute approximate surface area is 141 Å². The highest BCUT2D eigenvalue weighted by Gasteiger charge is 2.16. The van der Waals surface area contributed by atoms with Crippen molar-refractivity contribution in [1.82, 2.24) is 25.2 Å². The number of hydrogen-bond donors (Lipinski definition) is 1. The highest BCUT2D eigenvalue weighted by atomic mass is 16.5. The molecule has 24 heavy (non-hydrogen) atoms. The summed E-state index contributed by atoms with van der Waals surface area (Å²) in [6.45, 7) is 8.88. The van der Waals surface area contributed by atoms with Crippen molar-refractivity contribution in [2.24, 2.45) is 0 Å². The summed E-state index contributed by atoms with van der Waals surface area (Å²) in [6, 6.07) is 8.48. The standard InChI is InChI=1S/C18H23N5O/c1-12-9-20-23(11-12)15(4)14(3)19-10-17-21-18(22-24-17)16-8-6-5-7-13(16)2/h5-9,11,14-15,19H,10H2,1-4H3/t14-,15+/m0/s1. The Kier molecular flexibility index (Phi) is 4.76. The topological polar surface area (TPSA) is 68.8 Å². The molecule has 0 aliphatic heterocycles. The van der Waals surface area contributed by atoms with Gasteiger partial charge in [0.1, 0.15) is 0 Å². The second kappa shape index (κ2) is 6.97. The van der Waals surface area contributed by atoms with Gasteiger partial charge in [-0.2, -0.15) is 10.1 Å². The molecule has 0 saturated carbocycles. The highest BCUT2D eigenvalue weighted by molar-refractivity contribution is 5.58. The first kappa shape index (κ1) is 16.4. The molecular weight excluding hydrogens is 302 g/mol. The van der Waals surface area contributed by atoms with Crippen LogP contribution >= 0.6 is 0 Å². The van der Waals surface area contributed by atoms with Crippen LogP contribution in [0.2, 0.25) is 0 Å². The summed E-state index contributed by atoms with van der Waals surface area (Å²) >= 11 is 0. The number of nitrogens with one attached hydrogen (secondary N) is 1. The van der Waals surface area contributed by atoms with E-state index in [1.165, 1.54) is 0 Å². The molecule has 2 atom stereocenters. The molecule has 0 bridgehead atoms. The molecule has 0 unspecified atom stereocenters. The van der Waals surface area contributed by atoms with E-state index in [0.29, 0.717) is 18.3 Å². The van der Waals surface area contributed by atoms with E-state index in [1.807, 2.05) is 55.2 Å². The number of aryl methyl sites for hydroxylation is 2. The third-order valence-electron chi connectivity index (χ3n) is 4.30. The van der Waals surface area contributed by atoms with Crippen LogP contribution in [-0.2, 0) is 6.54 Å². The van der Waals surface area contributed by atoms with Crippen molar-refractivity contribution in [1.29, 1.82) is 0 Å². The van der Waals surface area contributed by atoms with Crippen LogP contribution in [0.25, 0.3) is 11.4 Å². The lowest BCUT2D eigenvalue weighted by Gasteiger charge is -2.20. The van der Waals surface area contributed by atoms with Crippen molar-refractivity contribution in [3.05, 3.63) is 53.7 Å². The normalized spacial score (nSPS) is 13.8. The molecule has 0 aliphatic carbocycles. The molecule has 3 rings (SSSR count). The van der Waals surface area contributed by atoms with Gasteiger partial charge in [-0.25, -0.2) is 0 Å². The quantitative estimate of drug-likeness (QED) is 0.753. The van der Waals surface area contributed by atoms with Gasteiger partial charge in [-0.15, -0.1) is 0 Å². The first-order valence-corrected chi connectivity index (χ1v) is 8.17. The number of aromatic nitrogens is 4. The Balaban J connectivity index is 1.62. The minimum Gasteiger partial charge on any atom is -0.338 e. The van der Waals surface area contributed by atoms with Gasteiger partial charge in [-0.1, -0.05) is 29.4 Å². The van der Waals surface area contributed by atoms with E-state index in [1.54, 1.807) is 0 Å². The summed E-state index contributed by atoms with van der Waals surface area (Å²) in [7, 11) is 0. The van der Waals surface area contributed by atoms with Crippen molar-refractivity contribution in [3.8, 4) is 11.4 Å². The minimum atomic E-state index is 0.220. The molecule has 126 valence electrons. The molecule has 0 spiro atoms. The predicted molar refractivity (Wildman–Crippen MR) is 92.4 cm³/mol. The lowest BCUT2D eigenvalue weighted by molar-refractivity contribution is 0.325. The molecule has 2 heterocycles. The minimum absolute atomic E-state index is 0.220. The van der Waals surface area contributed by atoms with Gasteiger partial charge < -0.3 is 9.84 Å². The van der Waals surface area contributed by atoms with Crippen molar-refractivity contribution < 1.29 is 4.52 Å². The van der Waals surface area contributed by atoms with E-state index in [4.69, 9.17) is 4.52 Å². The maximum atomic E-state index is 5.37. The van der Waals surface area contributed by atoms with Crippen LogP contribution in [0.1, 0.15) is 36.9 Å². The molecule has 0 amide bonds. The SMILES string of the molecule is Cc1cnn([C@H](C)[C@H](C)NCc2nc(-c3ccccc3C)no2)c1. The summed E-state index contributed by atoms with van der Waals surface area (Å²) in [6.07, 6.45) is 3.92. The summed E-state index contributed by atoms with van der Waals surface area (Å²) < 4.78 is 7.34. The molecule has 0 saturated heterocycles. The third kappa shape index (κ3) is 3.54. The zero-order chi connectivity index (χ0) is 17.1. The van der Waals surface area contributed by atoms with Crippen molar-refractivity contribution in [2.75, 3.05) is 0 Å². The molecule has 0 fully saturated rings. The zero-order valence-electron chi connectivity index (χ0n) is 14.5. The van der Waals surface area contributed by atoms with E-state index in [0.717, 1.165) is 16.7 Å². The van der Waals surface area contributed by atoms with Crippen LogP contribution in [0.3, 0.4) is 0 Å². The Morgan fingerprint density at radius 2 is 2.00 bits per heavy atom. The van der Waals surface area contributed by atoms with Crippen LogP contribution in [0.4, 0.5) is 0 Å². The zero-order valence-corrected chi connectivity index (χ0v) is 14.5. The van der Waals surface area contributed by atoms with E-state index >= 15 is 0 Å². The molecule has 3 aromatic rings. The first-order chi connectivity index (χ1) is 11.5. The van der Waals surface area contributed by atoms with Gasteiger partial charge >= 0.3 is 0 Å². The molecule has 0 aliphatic rings. The van der Waals surface area contributed by atoms with Gasteiger partial charge in [-0.05, 0) is 38.8 Å². The van der Waals surface area contributed by atoms with Gasteiger partial charge in [0, 0.05) is 17.8 Å². The molecule has 2 aromatic heterocycles. The average molecular weight is 325 g/mol. The number of hydrogen-bond acceptors (Lipinski definition) is 5. The highest BCUT2D eigenvalue weighted by Crippen LogP contribution is 2.20. The number of rotatable bonds is 6. The van der Waals surface area contributed by atoms with Crippen LogP contribution in [0.15, 0.2) is 41.2 Å². The largest absolute Gasteiger partial charge is 0.338 e. The van der Waals surface area contributed by atoms with E-state index in [-0.39, 0.29) is 12.1 Å². The Morgan fingerprint density at radius 3 is 2.71 bits per heavy atom. The maximum Gasteiger partial charge on any atom is 0.240 e. The Morgan fingerprint density at radius 1 is 1.21 bits per heavy atom. The van der Waals surface area contributed by atoms with E-state index in [9.17, 15) is 0 Å². The van der Waals surface area contributed by atoms with Crippen LogP contribution in [0.5, 0.6) is 0 Å². The van der Waals surface area contributed by atoms with Gasteiger partial charge in [0.05, 0.1) is 18.8 Å². The maximum absolute atomic E-state index is 5.37. The van der Waals surface area contributed by atoms with Gasteiger partial charge in [0.25, 0.3) is 0 Å². The fourth-order valence-electron chi connectivity index (χ4n) is 2.56. The first-order valence-electron chi connectivity index (χ1n) is 8.17. The Bertz CT molecular complexity index is 807. The molecule has 0 radical (unpaired) electrons. The lowest BCUT2D eigenvalue weighted by Crippen LogP contribution is -2.33. The number of nitrogens with zero attached hydrogens (tertiary/aromatic N) is 4. The monoisotopic (exact) mass is 325 g/mol. The smallest absolute Gasteiger partial charge is 0.240 e. The van der Waals surface area contributed by atoms with E-state index < -0.39 is 0 Å². The molecule has 6 heteroatoms. The average Bonchev–Trinajstić information content (AvgIpc) is 3.21. The number of benzene rings is 1. The van der Waals surface area contributed by atoms with Gasteiger partial charge in [0.2, 0.25) is 11.7 Å². The van der Waals surface area contributed by atoms with Gasteiger partial charge in [-0.3, -0.25) is 4.68 Å². The molecule has 6 nitrogen and oxygen atoms in total. The molecular formula is C18H23N5O. The summed E-state index contributed by atoms with van der Waals surface area (Å²) in [5.41, 5.74) is 3.30. The van der Waals surface area contributed by atoms with Crippen molar-refractivity contribution in [3.63, 3.8) is 0 Å².